The van der Waals surface area contributed by atoms with Gasteiger partial charge in [-0.1, -0.05) is 53.7 Å². The van der Waals surface area contributed by atoms with E-state index in [0.29, 0.717) is 12.1 Å². The first-order valence-corrected chi connectivity index (χ1v) is 12.8. The second kappa shape index (κ2) is 8.81. The Morgan fingerprint density at radius 3 is 2.15 bits per heavy atom. The highest BCUT2D eigenvalue weighted by molar-refractivity contribution is 7.92. The maximum Gasteiger partial charge on any atom is 0.156 e. The molecule has 1 saturated carbocycles. The Kier molecular flexibility index (Phi) is 6.36. The molecule has 1 aliphatic heterocycles. The molecule has 1 unspecified atom stereocenters. The van der Waals surface area contributed by atoms with E-state index < -0.39 is 26.9 Å². The Balaban J connectivity index is 1.43. The van der Waals surface area contributed by atoms with Crippen LogP contribution >= 0.6 is 0 Å². The summed E-state index contributed by atoms with van der Waals surface area (Å²) in [5.41, 5.74) is 6.47. The zero-order chi connectivity index (χ0) is 23.9. The Labute approximate surface area is 193 Å². The van der Waals surface area contributed by atoms with Gasteiger partial charge in [-0.15, -0.1) is 0 Å². The Hall–Kier alpha value is -2.30. The van der Waals surface area contributed by atoms with E-state index in [2.05, 4.69) is 29.4 Å². The fourth-order valence-electron chi connectivity index (χ4n) is 4.32. The van der Waals surface area contributed by atoms with Gasteiger partial charge in [0.1, 0.15) is 17.1 Å². The van der Waals surface area contributed by atoms with E-state index in [1.807, 2.05) is 24.3 Å². The molecule has 1 fully saturated rings. The zero-order valence-corrected chi connectivity index (χ0v) is 19.5. The number of nitrogens with zero attached hydrogens (tertiary/aromatic N) is 1. The van der Waals surface area contributed by atoms with Crippen LogP contribution in [-0.2, 0) is 20.1 Å². The van der Waals surface area contributed by atoms with Gasteiger partial charge in [-0.3, -0.25) is 0 Å². The number of oxime groups is 1. The third-order valence-electron chi connectivity index (χ3n) is 7.12. The Morgan fingerprint density at radius 1 is 1.12 bits per heavy atom. The van der Waals surface area contributed by atoms with Crippen molar-refractivity contribution in [3.05, 3.63) is 59.7 Å². The third-order valence-corrected chi connectivity index (χ3v) is 9.20. The Morgan fingerprint density at radius 2 is 1.67 bits per heavy atom. The van der Waals surface area contributed by atoms with Crippen LogP contribution in [0.15, 0.2) is 53.7 Å². The van der Waals surface area contributed by atoms with Crippen LogP contribution in [0.25, 0.3) is 11.1 Å². The van der Waals surface area contributed by atoms with Crippen LogP contribution in [0.2, 0.25) is 0 Å². The van der Waals surface area contributed by atoms with Crippen molar-refractivity contribution in [3.8, 4) is 11.1 Å². The van der Waals surface area contributed by atoms with Crippen LogP contribution in [0.1, 0.15) is 43.7 Å². The highest BCUT2D eigenvalue weighted by Gasteiger charge is 2.46. The van der Waals surface area contributed by atoms with Crippen molar-refractivity contribution >= 4 is 15.5 Å². The predicted molar refractivity (Wildman–Crippen MR) is 125 cm³/mol. The van der Waals surface area contributed by atoms with E-state index in [0.717, 1.165) is 35.8 Å². The number of aliphatic hydroxyl groups excluding tert-OH is 2. The van der Waals surface area contributed by atoms with E-state index in [-0.39, 0.29) is 18.4 Å². The quantitative estimate of drug-likeness (QED) is 0.324. The second-order valence-corrected chi connectivity index (χ2v) is 11.9. The lowest BCUT2D eigenvalue weighted by Crippen LogP contribution is -2.54. The molecule has 0 bridgehead atoms. The lowest BCUT2D eigenvalue weighted by molar-refractivity contribution is -0.0355. The van der Waals surface area contributed by atoms with Crippen molar-refractivity contribution in [1.82, 2.24) is 5.48 Å². The van der Waals surface area contributed by atoms with Crippen LogP contribution < -0.4 is 5.48 Å². The summed E-state index contributed by atoms with van der Waals surface area (Å²) >= 11 is 0. The summed E-state index contributed by atoms with van der Waals surface area (Å²) < 4.78 is 22.9. The van der Waals surface area contributed by atoms with Gasteiger partial charge in [-0.25, -0.2) is 8.42 Å². The number of rotatable bonds is 9. The highest BCUT2D eigenvalue weighted by Crippen LogP contribution is 2.47. The molecule has 8 nitrogen and oxygen atoms in total. The number of hydrogen-bond donors (Lipinski definition) is 4. The van der Waals surface area contributed by atoms with Crippen LogP contribution in [0.4, 0.5) is 0 Å². The van der Waals surface area contributed by atoms with Gasteiger partial charge in [-0.05, 0) is 42.0 Å². The smallest absolute Gasteiger partial charge is 0.156 e. The molecule has 1 heterocycles. The minimum atomic E-state index is -3.71. The van der Waals surface area contributed by atoms with Gasteiger partial charge >= 0.3 is 0 Å². The van der Waals surface area contributed by atoms with E-state index in [1.54, 1.807) is 5.48 Å². The summed E-state index contributed by atoms with van der Waals surface area (Å²) in [6.07, 6.45) is 1.23. The highest BCUT2D eigenvalue weighted by atomic mass is 32.2. The third kappa shape index (κ3) is 4.56. The van der Waals surface area contributed by atoms with Gasteiger partial charge < -0.3 is 20.3 Å². The summed E-state index contributed by atoms with van der Waals surface area (Å²) in [5.74, 6) is 0. The first-order valence-electron chi connectivity index (χ1n) is 10.9. The first-order chi connectivity index (χ1) is 15.6. The molecular weight excluding hydrogens is 444 g/mol. The molecule has 178 valence electrons. The Bertz CT molecular complexity index is 1130. The molecule has 0 saturated heterocycles. The maximum absolute atomic E-state index is 12.2. The topological polar surface area (TPSA) is 128 Å². The molecule has 0 radical (unpaired) electrons. The second-order valence-electron chi connectivity index (χ2n) is 9.38. The average molecular weight is 475 g/mol. The average Bonchev–Trinajstić information content (AvgIpc) is 3.49. The molecule has 4 N–H and O–H groups in total. The van der Waals surface area contributed by atoms with Crippen molar-refractivity contribution in [3.63, 3.8) is 0 Å². The molecule has 2 aromatic rings. The van der Waals surface area contributed by atoms with Crippen LogP contribution in [0, 0.1) is 0 Å². The zero-order valence-electron chi connectivity index (χ0n) is 18.7. The first kappa shape index (κ1) is 23.8. The van der Waals surface area contributed by atoms with Gasteiger partial charge in [0, 0.05) is 24.5 Å². The molecule has 0 spiro atoms. The van der Waals surface area contributed by atoms with Gasteiger partial charge in [-0.2, -0.15) is 5.48 Å². The summed E-state index contributed by atoms with van der Waals surface area (Å²) in [4.78, 5) is 5.46. The van der Waals surface area contributed by atoms with Gasteiger partial charge in [0.05, 0.1) is 12.3 Å². The number of hydroxylamine groups is 1. The molecule has 1 aliphatic carbocycles. The molecule has 0 aromatic heterocycles. The number of aliphatic hydroxyl groups is 2. The van der Waals surface area contributed by atoms with Crippen molar-refractivity contribution in [2.24, 2.45) is 5.16 Å². The summed E-state index contributed by atoms with van der Waals surface area (Å²) in [6.45, 7) is 1.55. The van der Waals surface area contributed by atoms with Gasteiger partial charge in [0.2, 0.25) is 0 Å². The monoisotopic (exact) mass is 474 g/mol. The normalized spacial score (nSPS) is 22.2. The molecule has 2 aliphatic rings. The van der Waals surface area contributed by atoms with Crippen molar-refractivity contribution < 1.29 is 28.7 Å². The molecule has 9 heteroatoms. The van der Waals surface area contributed by atoms with E-state index in [1.165, 1.54) is 12.5 Å². The molecule has 4 rings (SSSR count). The largest absolute Gasteiger partial charge is 0.395 e. The number of hydrogen-bond acceptors (Lipinski definition) is 8. The van der Waals surface area contributed by atoms with Crippen molar-refractivity contribution in [2.45, 2.75) is 55.1 Å². The number of benzene rings is 2. The lowest BCUT2D eigenvalue weighted by Gasteiger charge is -2.32. The van der Waals surface area contributed by atoms with E-state index in [9.17, 15) is 18.6 Å². The van der Waals surface area contributed by atoms with Crippen LogP contribution in [0.5, 0.6) is 0 Å². The summed E-state index contributed by atoms with van der Waals surface area (Å²) in [6, 6.07) is 16.2. The van der Waals surface area contributed by atoms with Crippen molar-refractivity contribution in [1.29, 1.82) is 0 Å². The lowest BCUT2D eigenvalue weighted by atomic mass is 9.93. The van der Waals surface area contributed by atoms with Gasteiger partial charge in [0.15, 0.2) is 9.84 Å². The van der Waals surface area contributed by atoms with Gasteiger partial charge in [0.25, 0.3) is 0 Å². The van der Waals surface area contributed by atoms with E-state index in [4.69, 9.17) is 10.0 Å². The van der Waals surface area contributed by atoms with Crippen LogP contribution in [0.3, 0.4) is 0 Å². The fraction of sp³-hybridized carbons (Fsp3) is 0.458. The molecule has 2 aromatic carbocycles. The SMILES string of the molecule is C[C@@](C[C@H]1CC(c2ccc(-c3ccc(C4(CO)CC4)cc3)cc2)=NO1)(C(O)NO)S(C)(=O)=O. The predicted octanol–water partition coefficient (Wildman–Crippen LogP) is 2.36. The maximum atomic E-state index is 12.2. The number of nitrogens with one attached hydrogen (secondary N) is 1. The number of sulfone groups is 1. The standard InChI is InChI=1S/C24H30N2O6S/c1-23(22(28)25-29,33(2,30)31)14-20-13-21(26-32-20)18-5-3-16(4-6-18)17-7-9-19(10-8-17)24(15-27)11-12-24/h3-10,20,22,25,27-29H,11-15H2,1-2H3/t20-,22?,23-/m1/s1. The summed E-state index contributed by atoms with van der Waals surface area (Å²) in [7, 11) is -3.71. The molecule has 3 atom stereocenters. The fourth-order valence-corrected chi connectivity index (χ4v) is 5.27. The molecule has 33 heavy (non-hydrogen) atoms. The van der Waals surface area contributed by atoms with Crippen LogP contribution in [-0.4, -0.2) is 59.5 Å². The minimum absolute atomic E-state index is 0.0344. The van der Waals surface area contributed by atoms with E-state index >= 15 is 0 Å². The minimum Gasteiger partial charge on any atom is -0.395 e. The molecule has 0 amide bonds. The molecular formula is C24H30N2O6S. The van der Waals surface area contributed by atoms with Crippen molar-refractivity contribution in [2.75, 3.05) is 12.9 Å². The summed E-state index contributed by atoms with van der Waals surface area (Å²) in [5, 5.41) is 32.9.